The Labute approximate surface area is 86.9 Å². The van der Waals surface area contributed by atoms with Gasteiger partial charge in [0, 0.05) is 7.05 Å². The van der Waals surface area contributed by atoms with Crippen LogP contribution in [0.2, 0.25) is 0 Å². The van der Waals surface area contributed by atoms with Crippen LogP contribution in [0, 0.1) is 5.92 Å². The van der Waals surface area contributed by atoms with E-state index >= 15 is 0 Å². The molecular formula is C11H22N2O. The molecule has 1 N–H and O–H groups in total. The molecule has 2 unspecified atom stereocenters. The van der Waals surface area contributed by atoms with Gasteiger partial charge in [0.25, 0.3) is 0 Å². The minimum absolute atomic E-state index is 0.0185. The molecule has 2 atom stereocenters. The third kappa shape index (κ3) is 1.92. The summed E-state index contributed by atoms with van der Waals surface area (Å²) in [5.74, 6) is 0.798. The van der Waals surface area contributed by atoms with Gasteiger partial charge in [0.15, 0.2) is 0 Å². The molecule has 0 bridgehead atoms. The number of hydrogen-bond donors (Lipinski definition) is 1. The van der Waals surface area contributed by atoms with Gasteiger partial charge in [-0.3, -0.25) is 10.1 Å². The Morgan fingerprint density at radius 3 is 2.50 bits per heavy atom. The van der Waals surface area contributed by atoms with Crippen molar-refractivity contribution in [1.82, 2.24) is 10.2 Å². The topological polar surface area (TPSA) is 32.3 Å². The molecule has 1 heterocycles. The van der Waals surface area contributed by atoms with Gasteiger partial charge in [-0.15, -0.1) is 0 Å². The van der Waals surface area contributed by atoms with Crippen LogP contribution in [-0.2, 0) is 4.79 Å². The van der Waals surface area contributed by atoms with Crippen LogP contribution in [0.5, 0.6) is 0 Å². The van der Waals surface area contributed by atoms with Crippen LogP contribution in [0.4, 0.5) is 0 Å². The molecule has 1 aliphatic rings. The highest BCUT2D eigenvalue weighted by atomic mass is 16.2. The summed E-state index contributed by atoms with van der Waals surface area (Å²) >= 11 is 0. The number of carbonyl (C=O) groups is 1. The number of likely N-dealkylation sites (N-methyl/N-ethyl adjacent to an activating group) is 1. The molecule has 0 spiro atoms. The molecule has 3 heteroatoms. The van der Waals surface area contributed by atoms with Gasteiger partial charge in [-0.05, 0) is 25.7 Å². The van der Waals surface area contributed by atoms with Gasteiger partial charge in [0.1, 0.15) is 0 Å². The minimum atomic E-state index is -0.142. The van der Waals surface area contributed by atoms with E-state index in [1.807, 2.05) is 11.9 Å². The zero-order valence-corrected chi connectivity index (χ0v) is 9.92. The standard InChI is InChI=1S/C11H22N2O/c1-6-11(4)12-9(7-8(2)3)10(14)13(11)5/h8-9,12H,6-7H2,1-5H3. The number of nitrogens with zero attached hydrogens (tertiary/aromatic N) is 1. The first-order chi connectivity index (χ1) is 6.40. The lowest BCUT2D eigenvalue weighted by Gasteiger charge is -2.30. The van der Waals surface area contributed by atoms with Crippen LogP contribution in [0.3, 0.4) is 0 Å². The van der Waals surface area contributed by atoms with Crippen LogP contribution in [0.15, 0.2) is 0 Å². The molecule has 1 amide bonds. The second-order valence-electron chi connectivity index (χ2n) is 4.85. The molecule has 0 aromatic rings. The van der Waals surface area contributed by atoms with Crippen LogP contribution in [0.1, 0.15) is 40.5 Å². The van der Waals surface area contributed by atoms with Crippen LogP contribution in [-0.4, -0.2) is 29.6 Å². The fraction of sp³-hybridized carbons (Fsp3) is 0.909. The molecule has 14 heavy (non-hydrogen) atoms. The Balaban J connectivity index is 2.72. The van der Waals surface area contributed by atoms with E-state index in [1.54, 1.807) is 0 Å². The Bertz CT molecular complexity index is 227. The maximum atomic E-state index is 11.9. The first kappa shape index (κ1) is 11.5. The lowest BCUT2D eigenvalue weighted by atomic mass is 10.0. The summed E-state index contributed by atoms with van der Waals surface area (Å²) in [5.41, 5.74) is -0.142. The summed E-state index contributed by atoms with van der Waals surface area (Å²) in [6.45, 7) is 8.49. The van der Waals surface area contributed by atoms with Gasteiger partial charge in [-0.25, -0.2) is 0 Å². The number of nitrogens with one attached hydrogen (secondary N) is 1. The maximum Gasteiger partial charge on any atom is 0.240 e. The largest absolute Gasteiger partial charge is 0.326 e. The fourth-order valence-electron chi connectivity index (χ4n) is 1.98. The van der Waals surface area contributed by atoms with Gasteiger partial charge < -0.3 is 4.90 Å². The minimum Gasteiger partial charge on any atom is -0.326 e. The van der Waals surface area contributed by atoms with E-state index in [9.17, 15) is 4.79 Å². The molecular weight excluding hydrogens is 176 g/mol. The van der Waals surface area contributed by atoms with Crippen molar-refractivity contribution in [3.63, 3.8) is 0 Å². The number of rotatable bonds is 3. The lowest BCUT2D eigenvalue weighted by Crippen LogP contribution is -2.47. The molecule has 0 aromatic heterocycles. The molecule has 1 fully saturated rings. The van der Waals surface area contributed by atoms with Gasteiger partial charge in [-0.1, -0.05) is 20.8 Å². The lowest BCUT2D eigenvalue weighted by molar-refractivity contribution is -0.130. The number of amides is 1. The van der Waals surface area contributed by atoms with Crippen molar-refractivity contribution in [3.05, 3.63) is 0 Å². The van der Waals surface area contributed by atoms with E-state index in [1.165, 1.54) is 0 Å². The van der Waals surface area contributed by atoms with Gasteiger partial charge >= 0.3 is 0 Å². The summed E-state index contributed by atoms with van der Waals surface area (Å²) < 4.78 is 0. The molecule has 0 aromatic carbocycles. The number of hydrogen-bond acceptors (Lipinski definition) is 2. The van der Waals surface area contributed by atoms with Crippen LogP contribution >= 0.6 is 0 Å². The molecule has 0 saturated carbocycles. The van der Waals surface area contributed by atoms with Crippen LogP contribution < -0.4 is 5.32 Å². The highest BCUT2D eigenvalue weighted by Gasteiger charge is 2.43. The smallest absolute Gasteiger partial charge is 0.240 e. The van der Waals surface area contributed by atoms with Crippen molar-refractivity contribution in [1.29, 1.82) is 0 Å². The van der Waals surface area contributed by atoms with Gasteiger partial charge in [0.2, 0.25) is 5.91 Å². The van der Waals surface area contributed by atoms with E-state index in [-0.39, 0.29) is 17.6 Å². The first-order valence-electron chi connectivity index (χ1n) is 5.46. The highest BCUT2D eigenvalue weighted by molar-refractivity contribution is 5.84. The summed E-state index contributed by atoms with van der Waals surface area (Å²) in [4.78, 5) is 13.7. The molecule has 1 saturated heterocycles. The quantitative estimate of drug-likeness (QED) is 0.747. The predicted octanol–water partition coefficient (Wildman–Crippen LogP) is 1.59. The number of carbonyl (C=O) groups excluding carboxylic acids is 1. The zero-order chi connectivity index (χ0) is 10.9. The molecule has 82 valence electrons. The average Bonchev–Trinajstić information content (AvgIpc) is 2.31. The molecule has 0 aliphatic carbocycles. The molecule has 0 radical (unpaired) electrons. The Kier molecular flexibility index (Phi) is 3.20. The van der Waals surface area contributed by atoms with Crippen molar-refractivity contribution in [3.8, 4) is 0 Å². The van der Waals surface area contributed by atoms with Crippen molar-refractivity contribution >= 4 is 5.91 Å². The molecule has 1 rings (SSSR count). The summed E-state index contributed by atoms with van der Waals surface area (Å²) in [6.07, 6.45) is 1.88. The van der Waals surface area contributed by atoms with E-state index in [4.69, 9.17) is 0 Å². The van der Waals surface area contributed by atoms with E-state index in [0.717, 1.165) is 12.8 Å². The second kappa shape index (κ2) is 3.89. The van der Waals surface area contributed by atoms with Crippen molar-refractivity contribution in [2.24, 2.45) is 5.92 Å². The summed E-state index contributed by atoms with van der Waals surface area (Å²) in [6, 6.07) is 0.0185. The predicted molar refractivity (Wildman–Crippen MR) is 57.8 cm³/mol. The van der Waals surface area contributed by atoms with Crippen molar-refractivity contribution in [2.75, 3.05) is 7.05 Å². The zero-order valence-electron chi connectivity index (χ0n) is 9.92. The summed E-state index contributed by atoms with van der Waals surface area (Å²) in [7, 11) is 1.89. The van der Waals surface area contributed by atoms with Gasteiger partial charge in [0.05, 0.1) is 11.7 Å². The maximum absolute atomic E-state index is 11.9. The fourth-order valence-corrected chi connectivity index (χ4v) is 1.98. The third-order valence-electron chi connectivity index (χ3n) is 3.25. The second-order valence-corrected chi connectivity index (χ2v) is 4.85. The van der Waals surface area contributed by atoms with E-state index in [2.05, 4.69) is 33.0 Å². The SMILES string of the molecule is CCC1(C)NC(CC(C)C)C(=O)N1C. The van der Waals surface area contributed by atoms with Crippen molar-refractivity contribution in [2.45, 2.75) is 52.2 Å². The monoisotopic (exact) mass is 198 g/mol. The molecule has 3 nitrogen and oxygen atoms in total. The van der Waals surface area contributed by atoms with Crippen LogP contribution in [0.25, 0.3) is 0 Å². The average molecular weight is 198 g/mol. The first-order valence-corrected chi connectivity index (χ1v) is 5.46. The Morgan fingerprint density at radius 1 is 1.57 bits per heavy atom. The normalized spacial score (nSPS) is 33.1. The van der Waals surface area contributed by atoms with Crippen molar-refractivity contribution < 1.29 is 4.79 Å². The summed E-state index contributed by atoms with van der Waals surface area (Å²) in [5, 5.41) is 3.42. The van der Waals surface area contributed by atoms with E-state index in [0.29, 0.717) is 5.92 Å². The third-order valence-corrected chi connectivity index (χ3v) is 3.25. The molecule has 1 aliphatic heterocycles. The highest BCUT2D eigenvalue weighted by Crippen LogP contribution is 2.25. The Morgan fingerprint density at radius 2 is 2.14 bits per heavy atom. The van der Waals surface area contributed by atoms with E-state index < -0.39 is 0 Å². The van der Waals surface area contributed by atoms with Gasteiger partial charge in [-0.2, -0.15) is 0 Å². The Hall–Kier alpha value is -0.570.